The maximum Gasteiger partial charge on any atom is 0.252 e. The number of halogens is 2. The summed E-state index contributed by atoms with van der Waals surface area (Å²) in [5.41, 5.74) is 0.749. The molecule has 1 aromatic rings. The molecule has 1 aliphatic rings. The van der Waals surface area contributed by atoms with E-state index in [-0.39, 0.29) is 18.2 Å². The molecule has 0 aliphatic carbocycles. The van der Waals surface area contributed by atoms with Gasteiger partial charge in [0.1, 0.15) is 5.54 Å². The molecule has 0 radical (unpaired) electrons. The van der Waals surface area contributed by atoms with E-state index in [2.05, 4.69) is 21.2 Å². The van der Waals surface area contributed by atoms with Gasteiger partial charge in [-0.3, -0.25) is 9.59 Å². The maximum absolute atomic E-state index is 12.8. The zero-order chi connectivity index (χ0) is 15.8. The summed E-state index contributed by atoms with van der Waals surface area (Å²) in [6.07, 6.45) is 0.810. The number of hydrogen-bond donors (Lipinski definition) is 1. The molecule has 4 nitrogen and oxygen atoms in total. The second-order valence-electron chi connectivity index (χ2n) is 5.49. The van der Waals surface area contributed by atoms with Crippen molar-refractivity contribution < 1.29 is 9.59 Å². The first kappa shape index (κ1) is 16.3. The molecule has 1 aromatic carbocycles. The zero-order valence-corrected chi connectivity index (χ0v) is 14.6. The number of hydrogen-bond acceptors (Lipinski definition) is 2. The Morgan fingerprint density at radius 3 is 2.71 bits per heavy atom. The largest absolute Gasteiger partial charge is 0.342 e. The number of anilines is 1. The van der Waals surface area contributed by atoms with E-state index in [1.165, 1.54) is 0 Å². The lowest BCUT2D eigenvalue weighted by Crippen LogP contribution is -2.54. The number of rotatable bonds is 2. The number of carbonyl (C=O) groups is 2. The molecular weight excluding hydrogens is 356 g/mol. The van der Waals surface area contributed by atoms with E-state index in [0.717, 1.165) is 10.0 Å². The second-order valence-corrected chi connectivity index (χ2v) is 6.75. The van der Waals surface area contributed by atoms with Crippen molar-refractivity contribution in [3.63, 3.8) is 0 Å². The summed E-state index contributed by atoms with van der Waals surface area (Å²) in [6.45, 7) is 5.90. The van der Waals surface area contributed by atoms with Gasteiger partial charge >= 0.3 is 0 Å². The van der Waals surface area contributed by atoms with Crippen LogP contribution in [0, 0.1) is 6.92 Å². The van der Waals surface area contributed by atoms with Crippen LogP contribution in [0.3, 0.4) is 0 Å². The Kier molecular flexibility index (Phi) is 4.63. The fraction of sp³-hybridized carbons (Fsp3) is 0.467. The van der Waals surface area contributed by atoms with Gasteiger partial charge in [-0.1, -0.05) is 18.5 Å². The predicted octanol–water partition coefficient (Wildman–Crippen LogP) is 3.43. The molecule has 6 heteroatoms. The highest BCUT2D eigenvalue weighted by molar-refractivity contribution is 9.10. The van der Waals surface area contributed by atoms with Gasteiger partial charge < -0.3 is 10.2 Å². The van der Waals surface area contributed by atoms with Crippen LogP contribution in [-0.4, -0.2) is 23.9 Å². The Labute approximate surface area is 138 Å². The van der Waals surface area contributed by atoms with Crippen molar-refractivity contribution in [2.75, 3.05) is 11.4 Å². The Balaban J connectivity index is 2.49. The lowest BCUT2D eigenvalue weighted by Gasteiger charge is -2.31. The SMILES string of the molecule is CCC1(C)NC(=O)CCN(c2cc(Cl)c(C)cc2Br)C1=O. The minimum absolute atomic E-state index is 0.107. The van der Waals surface area contributed by atoms with Gasteiger partial charge in [-0.2, -0.15) is 0 Å². The molecule has 0 saturated carbocycles. The molecule has 1 heterocycles. The topological polar surface area (TPSA) is 49.4 Å². The minimum Gasteiger partial charge on any atom is -0.342 e. The monoisotopic (exact) mass is 372 g/mol. The van der Waals surface area contributed by atoms with E-state index >= 15 is 0 Å². The average Bonchev–Trinajstić information content (AvgIpc) is 2.53. The lowest BCUT2D eigenvalue weighted by molar-refractivity contribution is -0.129. The summed E-state index contributed by atoms with van der Waals surface area (Å²) in [5, 5.41) is 3.42. The Morgan fingerprint density at radius 1 is 1.43 bits per heavy atom. The third kappa shape index (κ3) is 3.09. The maximum atomic E-state index is 12.8. The van der Waals surface area contributed by atoms with Crippen molar-refractivity contribution in [2.45, 2.75) is 39.2 Å². The highest BCUT2D eigenvalue weighted by Gasteiger charge is 2.40. The van der Waals surface area contributed by atoms with Crippen molar-refractivity contribution >= 4 is 45.0 Å². The fourth-order valence-corrected chi connectivity index (χ4v) is 3.18. The molecule has 0 bridgehead atoms. The third-order valence-corrected chi connectivity index (χ3v) is 4.96. The van der Waals surface area contributed by atoms with Gasteiger partial charge in [-0.05, 0) is 53.9 Å². The molecule has 1 fully saturated rings. The molecule has 1 saturated heterocycles. The first-order valence-electron chi connectivity index (χ1n) is 6.87. The number of aryl methyl sites for hydroxylation is 1. The van der Waals surface area contributed by atoms with Crippen LogP contribution in [0.1, 0.15) is 32.3 Å². The molecule has 2 amide bonds. The number of carbonyl (C=O) groups excluding carboxylic acids is 2. The molecule has 0 aromatic heterocycles. The van der Waals surface area contributed by atoms with Crippen molar-refractivity contribution in [3.8, 4) is 0 Å². The van der Waals surface area contributed by atoms with Gasteiger partial charge in [-0.15, -0.1) is 0 Å². The molecule has 0 spiro atoms. The summed E-state index contributed by atoms with van der Waals surface area (Å²) >= 11 is 9.67. The number of amides is 2. The number of nitrogens with one attached hydrogen (secondary N) is 1. The van der Waals surface area contributed by atoms with Crippen LogP contribution in [0.5, 0.6) is 0 Å². The Bertz CT molecular complexity index is 606. The summed E-state index contributed by atoms with van der Waals surface area (Å²) in [7, 11) is 0. The van der Waals surface area contributed by atoms with Crippen LogP contribution in [0.15, 0.2) is 16.6 Å². The highest BCUT2D eigenvalue weighted by Crippen LogP contribution is 2.34. The van der Waals surface area contributed by atoms with E-state index in [1.54, 1.807) is 17.9 Å². The fourth-order valence-electron chi connectivity index (χ4n) is 2.35. The first-order valence-corrected chi connectivity index (χ1v) is 8.04. The zero-order valence-electron chi connectivity index (χ0n) is 12.3. The molecule has 21 heavy (non-hydrogen) atoms. The van der Waals surface area contributed by atoms with Gasteiger partial charge in [0, 0.05) is 22.5 Å². The van der Waals surface area contributed by atoms with Crippen LogP contribution in [-0.2, 0) is 9.59 Å². The molecule has 1 aliphatic heterocycles. The normalized spacial score (nSPS) is 23.0. The van der Waals surface area contributed by atoms with Crippen molar-refractivity contribution in [3.05, 3.63) is 27.2 Å². The van der Waals surface area contributed by atoms with Gasteiger partial charge in [0.25, 0.3) is 5.91 Å². The third-order valence-electron chi connectivity index (χ3n) is 3.92. The average molecular weight is 374 g/mol. The Morgan fingerprint density at radius 2 is 2.10 bits per heavy atom. The molecule has 1 N–H and O–H groups in total. The highest BCUT2D eigenvalue weighted by atomic mass is 79.9. The quantitative estimate of drug-likeness (QED) is 0.863. The first-order chi connectivity index (χ1) is 9.78. The van der Waals surface area contributed by atoms with Crippen molar-refractivity contribution in [1.82, 2.24) is 5.32 Å². The standard InChI is InChI=1S/C15H18BrClN2O2/c1-4-15(3)14(21)19(6-5-13(20)18-15)12-8-11(17)9(2)7-10(12)16/h7-8H,4-6H2,1-3H3,(H,18,20). The van der Waals surface area contributed by atoms with Gasteiger partial charge in [-0.25, -0.2) is 0 Å². The van der Waals surface area contributed by atoms with E-state index in [9.17, 15) is 9.59 Å². The molecule has 1 atom stereocenters. The molecular formula is C15H18BrClN2O2. The molecule has 2 rings (SSSR count). The van der Waals surface area contributed by atoms with E-state index < -0.39 is 5.54 Å². The summed E-state index contributed by atoms with van der Waals surface area (Å²) in [4.78, 5) is 26.3. The van der Waals surface area contributed by atoms with Crippen LogP contribution in [0.25, 0.3) is 0 Å². The number of benzene rings is 1. The minimum atomic E-state index is -0.885. The van der Waals surface area contributed by atoms with Crippen LogP contribution < -0.4 is 10.2 Å². The second kappa shape index (κ2) is 5.97. The van der Waals surface area contributed by atoms with Gasteiger partial charge in [0.2, 0.25) is 5.91 Å². The van der Waals surface area contributed by atoms with E-state index in [4.69, 9.17) is 11.6 Å². The van der Waals surface area contributed by atoms with E-state index in [0.29, 0.717) is 23.7 Å². The van der Waals surface area contributed by atoms with Crippen molar-refractivity contribution in [2.24, 2.45) is 0 Å². The van der Waals surface area contributed by atoms with Crippen LogP contribution in [0.4, 0.5) is 5.69 Å². The van der Waals surface area contributed by atoms with Crippen LogP contribution >= 0.6 is 27.5 Å². The van der Waals surface area contributed by atoms with Gasteiger partial charge in [0.05, 0.1) is 5.69 Å². The van der Waals surface area contributed by atoms with E-state index in [1.807, 2.05) is 19.9 Å². The van der Waals surface area contributed by atoms with Crippen LogP contribution in [0.2, 0.25) is 5.02 Å². The lowest BCUT2D eigenvalue weighted by atomic mass is 9.97. The predicted molar refractivity (Wildman–Crippen MR) is 87.7 cm³/mol. The summed E-state index contributed by atoms with van der Waals surface area (Å²) in [5.74, 6) is -0.221. The van der Waals surface area contributed by atoms with Crippen molar-refractivity contribution in [1.29, 1.82) is 0 Å². The Hall–Kier alpha value is -1.07. The molecule has 114 valence electrons. The summed E-state index contributed by atoms with van der Waals surface area (Å²) < 4.78 is 0.797. The van der Waals surface area contributed by atoms with Gasteiger partial charge in [0.15, 0.2) is 0 Å². The summed E-state index contributed by atoms with van der Waals surface area (Å²) in [6, 6.07) is 3.65. The molecule has 1 unspecified atom stereocenters. The number of nitrogens with zero attached hydrogens (tertiary/aromatic N) is 1. The smallest absolute Gasteiger partial charge is 0.252 e.